The van der Waals surface area contributed by atoms with Gasteiger partial charge in [-0.2, -0.15) is 11.8 Å². The van der Waals surface area contributed by atoms with Gasteiger partial charge in [0.25, 0.3) is 0 Å². The van der Waals surface area contributed by atoms with Gasteiger partial charge in [-0.1, -0.05) is 0 Å². The quantitative estimate of drug-likeness (QED) is 0.806. The third-order valence-electron chi connectivity index (χ3n) is 2.33. The molecule has 1 heterocycles. The van der Waals surface area contributed by atoms with Crippen LogP contribution in [0.2, 0.25) is 0 Å². The summed E-state index contributed by atoms with van der Waals surface area (Å²) < 4.78 is 2.41. The summed E-state index contributed by atoms with van der Waals surface area (Å²) in [6, 6.07) is 2.15. The number of aryl methyl sites for hydroxylation is 1. The van der Waals surface area contributed by atoms with E-state index in [1.54, 1.807) is 0 Å². The molecule has 2 nitrogen and oxygen atoms in total. The highest BCUT2D eigenvalue weighted by molar-refractivity contribution is 7.99. The first-order valence-corrected chi connectivity index (χ1v) is 6.13. The van der Waals surface area contributed by atoms with Crippen LogP contribution >= 0.6 is 11.8 Å². The summed E-state index contributed by atoms with van der Waals surface area (Å²) in [5.41, 5.74) is 1.35. The van der Waals surface area contributed by atoms with E-state index in [0.717, 1.165) is 13.1 Å². The van der Waals surface area contributed by atoms with E-state index in [4.69, 9.17) is 0 Å². The normalized spacial score (nSPS) is 12.0. The minimum Gasteiger partial charge on any atom is -0.357 e. The number of nitrogens with one attached hydrogen (secondary N) is 1. The van der Waals surface area contributed by atoms with Gasteiger partial charge in [0, 0.05) is 37.3 Å². The van der Waals surface area contributed by atoms with E-state index in [2.05, 4.69) is 55.5 Å². The maximum absolute atomic E-state index is 3.47. The van der Waals surface area contributed by atoms with Gasteiger partial charge in [0.05, 0.1) is 0 Å². The van der Waals surface area contributed by atoms with Crippen LogP contribution in [0, 0.1) is 0 Å². The van der Waals surface area contributed by atoms with Gasteiger partial charge in [-0.15, -0.1) is 0 Å². The van der Waals surface area contributed by atoms with E-state index in [9.17, 15) is 0 Å². The second kappa shape index (κ2) is 4.89. The molecule has 0 spiro atoms. The van der Waals surface area contributed by atoms with Crippen molar-refractivity contribution in [2.75, 3.05) is 12.8 Å². The highest BCUT2D eigenvalue weighted by Crippen LogP contribution is 2.19. The number of thioether (sulfide) groups is 1. The van der Waals surface area contributed by atoms with Crippen molar-refractivity contribution in [3.8, 4) is 0 Å². The van der Waals surface area contributed by atoms with Gasteiger partial charge in [0.2, 0.25) is 0 Å². The van der Waals surface area contributed by atoms with Gasteiger partial charge in [0.15, 0.2) is 0 Å². The zero-order valence-corrected chi connectivity index (χ0v) is 10.3. The van der Waals surface area contributed by atoms with Crippen LogP contribution in [0.1, 0.15) is 19.4 Å². The Bertz CT molecular complexity index is 279. The number of aromatic nitrogens is 1. The van der Waals surface area contributed by atoms with Crippen LogP contribution in [0.25, 0.3) is 0 Å². The maximum Gasteiger partial charge on any atom is 0.0225 e. The second-order valence-corrected chi connectivity index (χ2v) is 5.77. The fourth-order valence-electron chi connectivity index (χ4n) is 1.25. The van der Waals surface area contributed by atoms with Crippen LogP contribution in [0.15, 0.2) is 18.5 Å². The molecular weight excluding hydrogens is 192 g/mol. The molecule has 0 bridgehead atoms. The molecule has 0 radical (unpaired) electrons. The van der Waals surface area contributed by atoms with Gasteiger partial charge in [-0.05, 0) is 31.7 Å². The van der Waals surface area contributed by atoms with Crippen molar-refractivity contribution in [2.24, 2.45) is 7.05 Å². The summed E-state index contributed by atoms with van der Waals surface area (Å²) >= 11 is 1.90. The average molecular weight is 212 g/mol. The maximum atomic E-state index is 3.47. The summed E-state index contributed by atoms with van der Waals surface area (Å²) in [6.45, 7) is 6.53. The predicted octanol–water partition coefficient (Wildman–Crippen LogP) is 2.26. The Kier molecular flexibility index (Phi) is 4.08. The summed E-state index contributed by atoms with van der Waals surface area (Å²) in [6.07, 6.45) is 6.39. The SMILES string of the molecule is CSC(C)(C)CNCc1ccn(C)c1. The molecule has 0 saturated heterocycles. The van der Waals surface area contributed by atoms with Crippen molar-refractivity contribution < 1.29 is 0 Å². The molecule has 0 unspecified atom stereocenters. The van der Waals surface area contributed by atoms with Crippen molar-refractivity contribution in [3.05, 3.63) is 24.0 Å². The van der Waals surface area contributed by atoms with Gasteiger partial charge in [-0.3, -0.25) is 0 Å². The lowest BCUT2D eigenvalue weighted by atomic mass is 10.2. The van der Waals surface area contributed by atoms with Gasteiger partial charge in [0.1, 0.15) is 0 Å². The largest absolute Gasteiger partial charge is 0.357 e. The summed E-state index contributed by atoms with van der Waals surface area (Å²) in [5, 5.41) is 3.47. The van der Waals surface area contributed by atoms with Crippen molar-refractivity contribution in [3.63, 3.8) is 0 Å². The summed E-state index contributed by atoms with van der Waals surface area (Å²) in [4.78, 5) is 0. The summed E-state index contributed by atoms with van der Waals surface area (Å²) in [7, 11) is 2.05. The van der Waals surface area contributed by atoms with Crippen LogP contribution in [0.4, 0.5) is 0 Å². The second-order valence-electron chi connectivity index (χ2n) is 4.25. The van der Waals surface area contributed by atoms with Crippen LogP contribution in [0.3, 0.4) is 0 Å². The van der Waals surface area contributed by atoms with Gasteiger partial charge in [-0.25, -0.2) is 0 Å². The molecule has 0 saturated carbocycles. The van der Waals surface area contributed by atoms with E-state index in [1.807, 2.05) is 11.8 Å². The highest BCUT2D eigenvalue weighted by atomic mass is 32.2. The first kappa shape index (κ1) is 11.7. The van der Waals surface area contributed by atoms with Gasteiger partial charge >= 0.3 is 0 Å². The van der Waals surface area contributed by atoms with Gasteiger partial charge < -0.3 is 9.88 Å². The van der Waals surface area contributed by atoms with E-state index < -0.39 is 0 Å². The molecular formula is C11H20N2S. The minimum atomic E-state index is 0.328. The van der Waals surface area contributed by atoms with Crippen LogP contribution in [-0.2, 0) is 13.6 Å². The Morgan fingerprint density at radius 1 is 1.50 bits per heavy atom. The zero-order chi connectivity index (χ0) is 10.6. The lowest BCUT2D eigenvalue weighted by Gasteiger charge is -2.22. The van der Waals surface area contributed by atoms with Crippen molar-refractivity contribution in [1.29, 1.82) is 0 Å². The fraction of sp³-hybridized carbons (Fsp3) is 0.636. The average Bonchev–Trinajstić information content (AvgIpc) is 2.51. The van der Waals surface area contributed by atoms with Crippen LogP contribution in [0.5, 0.6) is 0 Å². The van der Waals surface area contributed by atoms with Crippen molar-refractivity contribution in [2.45, 2.75) is 25.1 Å². The molecule has 0 aromatic carbocycles. The topological polar surface area (TPSA) is 17.0 Å². The fourth-order valence-corrected chi connectivity index (χ4v) is 1.49. The number of hydrogen-bond donors (Lipinski definition) is 1. The molecule has 80 valence electrons. The molecule has 1 aromatic heterocycles. The Hall–Kier alpha value is -0.410. The number of hydrogen-bond acceptors (Lipinski definition) is 2. The molecule has 0 aliphatic heterocycles. The van der Waals surface area contributed by atoms with Crippen molar-refractivity contribution in [1.82, 2.24) is 9.88 Å². The molecule has 0 amide bonds. The summed E-state index contributed by atoms with van der Waals surface area (Å²) in [5.74, 6) is 0. The van der Waals surface area contributed by atoms with E-state index >= 15 is 0 Å². The minimum absolute atomic E-state index is 0.328. The predicted molar refractivity (Wildman–Crippen MR) is 64.7 cm³/mol. The zero-order valence-electron chi connectivity index (χ0n) is 9.50. The molecule has 0 aliphatic carbocycles. The Morgan fingerprint density at radius 2 is 2.21 bits per heavy atom. The number of rotatable bonds is 5. The molecule has 0 aliphatic rings. The first-order chi connectivity index (χ1) is 6.53. The monoisotopic (exact) mass is 212 g/mol. The number of nitrogens with zero attached hydrogens (tertiary/aromatic N) is 1. The molecule has 3 heteroatoms. The highest BCUT2D eigenvalue weighted by Gasteiger charge is 2.14. The van der Waals surface area contributed by atoms with Crippen LogP contribution < -0.4 is 5.32 Å². The molecule has 0 fully saturated rings. The van der Waals surface area contributed by atoms with E-state index in [-0.39, 0.29) is 0 Å². The molecule has 1 rings (SSSR count). The lowest BCUT2D eigenvalue weighted by molar-refractivity contribution is 0.590. The Labute approximate surface area is 91.1 Å². The molecule has 14 heavy (non-hydrogen) atoms. The Balaban J connectivity index is 2.28. The van der Waals surface area contributed by atoms with E-state index in [0.29, 0.717) is 4.75 Å². The lowest BCUT2D eigenvalue weighted by Crippen LogP contribution is -2.31. The Morgan fingerprint density at radius 3 is 2.71 bits per heavy atom. The third-order valence-corrected chi connectivity index (χ3v) is 3.58. The smallest absolute Gasteiger partial charge is 0.0225 e. The standard InChI is InChI=1S/C11H20N2S/c1-11(2,14-4)9-12-7-10-5-6-13(3)8-10/h5-6,8,12H,7,9H2,1-4H3. The molecule has 1 aromatic rings. The third kappa shape index (κ3) is 3.76. The van der Waals surface area contributed by atoms with E-state index in [1.165, 1.54) is 5.56 Å². The van der Waals surface area contributed by atoms with Crippen molar-refractivity contribution >= 4 is 11.8 Å². The molecule has 1 N–H and O–H groups in total. The molecule has 0 atom stereocenters. The van der Waals surface area contributed by atoms with Crippen LogP contribution in [-0.4, -0.2) is 22.1 Å². The first-order valence-electron chi connectivity index (χ1n) is 4.90.